The number of nitrogens with zero attached hydrogens (tertiary/aromatic N) is 2. The van der Waals surface area contributed by atoms with E-state index in [1.807, 2.05) is 79.7 Å². The Labute approximate surface area is 253 Å². The number of carbonyl (C=O) groups excluding carboxylic acids is 2. The number of aryl methyl sites for hydroxylation is 1. The highest BCUT2D eigenvalue weighted by Crippen LogP contribution is 2.21. The van der Waals surface area contributed by atoms with E-state index in [0.717, 1.165) is 34.0 Å². The molecule has 1 unspecified atom stereocenters. The van der Waals surface area contributed by atoms with Crippen molar-refractivity contribution in [3.8, 4) is 0 Å². The third-order valence-electron chi connectivity index (χ3n) is 6.81. The van der Waals surface area contributed by atoms with Crippen molar-refractivity contribution in [2.45, 2.75) is 58.5 Å². The van der Waals surface area contributed by atoms with Crippen LogP contribution in [0.4, 0.5) is 5.69 Å². The maximum absolute atomic E-state index is 13.9. The molecule has 1 atom stereocenters. The van der Waals surface area contributed by atoms with E-state index in [1.54, 1.807) is 11.0 Å². The summed E-state index contributed by atoms with van der Waals surface area (Å²) in [6.07, 6.45) is 3.76. The van der Waals surface area contributed by atoms with Crippen molar-refractivity contribution in [1.82, 2.24) is 10.2 Å². The molecular weight excluding hydrogens is 602 g/mol. The van der Waals surface area contributed by atoms with Gasteiger partial charge in [-0.2, -0.15) is 0 Å². The molecule has 9 heteroatoms. The summed E-state index contributed by atoms with van der Waals surface area (Å²) in [6.45, 7) is 4.94. The summed E-state index contributed by atoms with van der Waals surface area (Å²) < 4.78 is 27.5. The number of rotatable bonds is 15. The van der Waals surface area contributed by atoms with E-state index in [9.17, 15) is 18.0 Å². The molecule has 7 nitrogen and oxygen atoms in total. The molecule has 41 heavy (non-hydrogen) atoms. The number of anilines is 1. The number of hydrogen-bond acceptors (Lipinski definition) is 4. The van der Waals surface area contributed by atoms with Gasteiger partial charge in [-0.05, 0) is 60.7 Å². The standard InChI is InChI=1S/C32H40BrN3O4S/c1-4-5-20-34-32(38)30(23-26-12-7-6-8-13-26)35(24-27-16-18-28(33)19-17-27)31(37)15-10-21-36(41(3,39)40)29-14-9-11-25(2)22-29/h6-9,11-14,16-19,22,30H,4-5,10,15,20-21,23-24H2,1-3H3,(H,34,38). The second-order valence-electron chi connectivity index (χ2n) is 10.3. The highest BCUT2D eigenvalue weighted by atomic mass is 79.9. The van der Waals surface area contributed by atoms with Gasteiger partial charge >= 0.3 is 0 Å². The summed E-state index contributed by atoms with van der Waals surface area (Å²) >= 11 is 3.46. The number of unbranched alkanes of at least 4 members (excludes halogenated alkanes) is 1. The minimum absolute atomic E-state index is 0.0991. The fraction of sp³-hybridized carbons (Fsp3) is 0.375. The average molecular weight is 643 g/mol. The number of nitrogens with one attached hydrogen (secondary N) is 1. The lowest BCUT2D eigenvalue weighted by Crippen LogP contribution is -2.50. The molecule has 0 aliphatic carbocycles. The average Bonchev–Trinajstić information content (AvgIpc) is 2.94. The number of carbonyl (C=O) groups is 2. The molecule has 0 heterocycles. The molecule has 0 aromatic heterocycles. The molecule has 3 aromatic rings. The van der Waals surface area contributed by atoms with Crippen LogP contribution in [0, 0.1) is 6.92 Å². The normalized spacial score (nSPS) is 12.0. The van der Waals surface area contributed by atoms with Crippen LogP contribution in [-0.4, -0.2) is 50.5 Å². The molecule has 220 valence electrons. The summed E-state index contributed by atoms with van der Waals surface area (Å²) in [5, 5.41) is 3.03. The first-order valence-electron chi connectivity index (χ1n) is 14.0. The van der Waals surface area contributed by atoms with Crippen LogP contribution in [0.1, 0.15) is 49.3 Å². The van der Waals surface area contributed by atoms with E-state index in [1.165, 1.54) is 10.6 Å². The first-order valence-corrected chi connectivity index (χ1v) is 16.6. The number of amides is 2. The van der Waals surface area contributed by atoms with Crippen LogP contribution in [0.15, 0.2) is 83.3 Å². The SMILES string of the molecule is CCCCNC(=O)C(Cc1ccccc1)N(Cc1ccc(Br)cc1)C(=O)CCCN(c1cccc(C)c1)S(C)(=O)=O. The lowest BCUT2D eigenvalue weighted by atomic mass is 10.0. The van der Waals surface area contributed by atoms with Gasteiger partial charge in [0.05, 0.1) is 11.9 Å². The van der Waals surface area contributed by atoms with Crippen molar-refractivity contribution in [3.63, 3.8) is 0 Å². The van der Waals surface area contributed by atoms with Crippen molar-refractivity contribution in [1.29, 1.82) is 0 Å². The van der Waals surface area contributed by atoms with E-state index in [0.29, 0.717) is 25.1 Å². The summed E-state index contributed by atoms with van der Waals surface area (Å²) in [5.74, 6) is -0.387. The first kappa shape index (κ1) is 32.3. The van der Waals surface area contributed by atoms with E-state index >= 15 is 0 Å². The van der Waals surface area contributed by atoms with Gasteiger partial charge in [-0.1, -0.05) is 83.9 Å². The maximum atomic E-state index is 13.9. The predicted octanol–water partition coefficient (Wildman–Crippen LogP) is 5.86. The highest BCUT2D eigenvalue weighted by molar-refractivity contribution is 9.10. The molecule has 3 rings (SSSR count). The Morgan fingerprint density at radius 2 is 1.63 bits per heavy atom. The summed E-state index contributed by atoms with van der Waals surface area (Å²) in [6, 6.07) is 24.0. The molecule has 0 fully saturated rings. The van der Waals surface area contributed by atoms with Crippen LogP contribution in [0.25, 0.3) is 0 Å². The summed E-state index contributed by atoms with van der Waals surface area (Å²) in [5.41, 5.74) is 3.38. The highest BCUT2D eigenvalue weighted by Gasteiger charge is 2.30. The van der Waals surface area contributed by atoms with Crippen molar-refractivity contribution in [2.24, 2.45) is 0 Å². The van der Waals surface area contributed by atoms with Gasteiger partial charge in [0.1, 0.15) is 6.04 Å². The zero-order valence-corrected chi connectivity index (χ0v) is 26.5. The fourth-order valence-electron chi connectivity index (χ4n) is 4.63. The third-order valence-corrected chi connectivity index (χ3v) is 8.53. The number of hydrogen-bond donors (Lipinski definition) is 1. The molecule has 0 bridgehead atoms. The molecule has 0 saturated heterocycles. The maximum Gasteiger partial charge on any atom is 0.243 e. The fourth-order valence-corrected chi connectivity index (χ4v) is 5.86. The Morgan fingerprint density at radius 3 is 2.27 bits per heavy atom. The summed E-state index contributed by atoms with van der Waals surface area (Å²) in [4.78, 5) is 29.1. The number of halogens is 1. The lowest BCUT2D eigenvalue weighted by Gasteiger charge is -2.32. The van der Waals surface area contributed by atoms with Crippen LogP contribution in [0.5, 0.6) is 0 Å². The molecular formula is C32H40BrN3O4S. The Hall–Kier alpha value is -3.17. The lowest BCUT2D eigenvalue weighted by molar-refractivity contribution is -0.141. The van der Waals surface area contributed by atoms with E-state index < -0.39 is 16.1 Å². The van der Waals surface area contributed by atoms with Crippen molar-refractivity contribution >= 4 is 43.5 Å². The molecule has 2 amide bonds. The van der Waals surface area contributed by atoms with Gasteiger partial charge < -0.3 is 10.2 Å². The second kappa shape index (κ2) is 15.7. The van der Waals surface area contributed by atoms with Crippen LogP contribution in [0.2, 0.25) is 0 Å². The predicted molar refractivity (Wildman–Crippen MR) is 169 cm³/mol. The molecule has 0 aliphatic rings. The van der Waals surface area contributed by atoms with Gasteiger partial charge in [-0.25, -0.2) is 8.42 Å². The molecule has 0 aliphatic heterocycles. The molecule has 0 radical (unpaired) electrons. The largest absolute Gasteiger partial charge is 0.354 e. The van der Waals surface area contributed by atoms with Crippen molar-refractivity contribution < 1.29 is 18.0 Å². The Kier molecular flexibility index (Phi) is 12.4. The van der Waals surface area contributed by atoms with Crippen molar-refractivity contribution in [2.75, 3.05) is 23.7 Å². The number of benzene rings is 3. The quantitative estimate of drug-likeness (QED) is 0.211. The van der Waals surface area contributed by atoms with Crippen LogP contribution < -0.4 is 9.62 Å². The van der Waals surface area contributed by atoms with Gasteiger partial charge in [-0.3, -0.25) is 13.9 Å². The zero-order chi connectivity index (χ0) is 29.8. The topological polar surface area (TPSA) is 86.8 Å². The van der Waals surface area contributed by atoms with Gasteiger partial charge in [0.15, 0.2) is 0 Å². The van der Waals surface area contributed by atoms with E-state index in [2.05, 4.69) is 28.2 Å². The first-order chi connectivity index (χ1) is 19.6. The second-order valence-corrected chi connectivity index (χ2v) is 13.1. The van der Waals surface area contributed by atoms with Crippen LogP contribution >= 0.6 is 15.9 Å². The Balaban J connectivity index is 1.86. The number of sulfonamides is 1. The Bertz CT molecular complexity index is 1380. The van der Waals surface area contributed by atoms with Gasteiger partial charge in [0.2, 0.25) is 21.8 Å². The molecule has 0 saturated carbocycles. The van der Waals surface area contributed by atoms with Crippen LogP contribution in [0.3, 0.4) is 0 Å². The summed E-state index contributed by atoms with van der Waals surface area (Å²) in [7, 11) is -3.55. The Morgan fingerprint density at radius 1 is 0.927 bits per heavy atom. The minimum Gasteiger partial charge on any atom is -0.354 e. The van der Waals surface area contributed by atoms with Crippen molar-refractivity contribution in [3.05, 3.63) is 100 Å². The molecule has 0 spiro atoms. The van der Waals surface area contributed by atoms with E-state index in [-0.39, 0.29) is 31.3 Å². The monoisotopic (exact) mass is 641 g/mol. The molecule has 1 N–H and O–H groups in total. The van der Waals surface area contributed by atoms with E-state index in [4.69, 9.17) is 0 Å². The third kappa shape index (κ3) is 10.3. The smallest absolute Gasteiger partial charge is 0.243 e. The zero-order valence-electron chi connectivity index (χ0n) is 24.1. The van der Waals surface area contributed by atoms with Crippen LogP contribution in [-0.2, 0) is 32.6 Å². The molecule has 3 aromatic carbocycles. The van der Waals surface area contributed by atoms with Gasteiger partial charge in [0.25, 0.3) is 0 Å². The van der Waals surface area contributed by atoms with Gasteiger partial charge in [-0.15, -0.1) is 0 Å². The van der Waals surface area contributed by atoms with Gasteiger partial charge in [0, 0.05) is 36.9 Å². The minimum atomic E-state index is -3.55.